The summed E-state index contributed by atoms with van der Waals surface area (Å²) in [4.78, 5) is 2.28. The Morgan fingerprint density at radius 1 is 1.38 bits per heavy atom. The minimum atomic E-state index is 0.0528. The smallest absolute Gasteiger partial charge is 0.0701 e. The van der Waals surface area contributed by atoms with Crippen LogP contribution >= 0.6 is 38.9 Å². The summed E-state index contributed by atoms with van der Waals surface area (Å²) in [6, 6.07) is 10.3. The maximum atomic E-state index is 6.38. The molecule has 2 nitrogen and oxygen atoms in total. The van der Waals surface area contributed by atoms with E-state index in [1.807, 2.05) is 18.2 Å². The van der Waals surface area contributed by atoms with Crippen LogP contribution in [-0.4, -0.2) is 18.0 Å². The highest BCUT2D eigenvalue weighted by molar-refractivity contribution is 9.11. The molecule has 0 saturated carbocycles. The third kappa shape index (κ3) is 4.30. The second kappa shape index (κ2) is 7.75. The van der Waals surface area contributed by atoms with Gasteiger partial charge in [0.05, 0.1) is 9.83 Å². The van der Waals surface area contributed by atoms with Gasteiger partial charge in [-0.15, -0.1) is 11.3 Å². The molecule has 0 amide bonds. The zero-order valence-electron chi connectivity index (χ0n) is 12.2. The van der Waals surface area contributed by atoms with Crippen LogP contribution in [0.25, 0.3) is 0 Å². The zero-order valence-corrected chi connectivity index (χ0v) is 15.4. The molecule has 2 atom stereocenters. The predicted octanol–water partition coefficient (Wildman–Crippen LogP) is 5.07. The molecule has 0 aliphatic heterocycles. The van der Waals surface area contributed by atoms with Crippen molar-refractivity contribution in [3.05, 3.63) is 55.6 Å². The Balaban J connectivity index is 2.25. The number of likely N-dealkylation sites (N-methyl/N-ethyl adjacent to an activating group) is 1. The molecule has 2 unspecified atom stereocenters. The predicted molar refractivity (Wildman–Crippen MR) is 95.9 cm³/mol. The molecule has 0 radical (unpaired) electrons. The molecule has 1 aromatic heterocycles. The van der Waals surface area contributed by atoms with Crippen molar-refractivity contribution in [2.24, 2.45) is 5.73 Å². The number of benzene rings is 1. The quantitative estimate of drug-likeness (QED) is 0.749. The van der Waals surface area contributed by atoms with E-state index in [1.54, 1.807) is 11.3 Å². The van der Waals surface area contributed by atoms with E-state index in [1.165, 1.54) is 5.56 Å². The molecule has 2 rings (SSSR count). The third-order valence-corrected chi connectivity index (χ3v) is 5.53. The summed E-state index contributed by atoms with van der Waals surface area (Å²) in [7, 11) is 2.11. The van der Waals surface area contributed by atoms with Crippen LogP contribution in [0.3, 0.4) is 0 Å². The highest BCUT2D eigenvalue weighted by atomic mass is 79.9. The summed E-state index contributed by atoms with van der Waals surface area (Å²) in [5.41, 5.74) is 8.76. The summed E-state index contributed by atoms with van der Waals surface area (Å²) in [5, 5.41) is 2.95. The van der Waals surface area contributed by atoms with E-state index in [0.29, 0.717) is 0 Å². The van der Waals surface area contributed by atoms with Crippen LogP contribution < -0.4 is 5.73 Å². The first-order chi connectivity index (χ1) is 10.0. The largest absolute Gasteiger partial charge is 0.326 e. The number of thiophene rings is 1. The summed E-state index contributed by atoms with van der Waals surface area (Å²) in [5.74, 6) is 0. The van der Waals surface area contributed by atoms with Crippen molar-refractivity contribution in [1.82, 2.24) is 4.90 Å². The molecule has 114 valence electrons. The highest BCUT2D eigenvalue weighted by Crippen LogP contribution is 2.31. The van der Waals surface area contributed by atoms with Gasteiger partial charge in [0.25, 0.3) is 0 Å². The number of nitrogens with two attached hydrogens (primary N) is 1. The molecule has 0 aliphatic rings. The molecular formula is C16H20BrClN2S. The average Bonchev–Trinajstić information content (AvgIpc) is 2.86. The SMILES string of the molecule is CCC(N)C(c1ccccc1Cl)N(C)Cc1csc(Br)c1. The van der Waals surface area contributed by atoms with Gasteiger partial charge in [-0.1, -0.05) is 36.7 Å². The minimum absolute atomic E-state index is 0.0528. The van der Waals surface area contributed by atoms with E-state index in [2.05, 4.69) is 52.3 Å². The van der Waals surface area contributed by atoms with Gasteiger partial charge in [-0.25, -0.2) is 0 Å². The van der Waals surface area contributed by atoms with Gasteiger partial charge in [0.1, 0.15) is 0 Å². The van der Waals surface area contributed by atoms with Crippen molar-refractivity contribution in [2.75, 3.05) is 7.05 Å². The molecule has 21 heavy (non-hydrogen) atoms. The zero-order chi connectivity index (χ0) is 15.4. The van der Waals surface area contributed by atoms with E-state index in [0.717, 1.165) is 27.3 Å². The van der Waals surface area contributed by atoms with E-state index < -0.39 is 0 Å². The molecule has 5 heteroatoms. The molecule has 1 heterocycles. The lowest BCUT2D eigenvalue weighted by Crippen LogP contribution is -2.38. The van der Waals surface area contributed by atoms with E-state index in [4.69, 9.17) is 17.3 Å². The molecule has 0 bridgehead atoms. The topological polar surface area (TPSA) is 29.3 Å². The summed E-state index contributed by atoms with van der Waals surface area (Å²) >= 11 is 11.6. The molecule has 0 spiro atoms. The normalized spacial score (nSPS) is 14.4. The van der Waals surface area contributed by atoms with Crippen molar-refractivity contribution in [3.8, 4) is 0 Å². The van der Waals surface area contributed by atoms with Crippen molar-refractivity contribution in [2.45, 2.75) is 32.0 Å². The molecular weight excluding hydrogens is 368 g/mol. The fourth-order valence-corrected chi connectivity index (χ4v) is 4.00. The van der Waals surface area contributed by atoms with Crippen molar-refractivity contribution in [1.29, 1.82) is 0 Å². The average molecular weight is 388 g/mol. The number of nitrogens with zero attached hydrogens (tertiary/aromatic N) is 1. The third-order valence-electron chi connectivity index (χ3n) is 3.63. The van der Waals surface area contributed by atoms with Crippen molar-refractivity contribution < 1.29 is 0 Å². The van der Waals surface area contributed by atoms with Crippen LogP contribution in [0.5, 0.6) is 0 Å². The molecule has 0 fully saturated rings. The first-order valence-electron chi connectivity index (χ1n) is 6.96. The fraction of sp³-hybridized carbons (Fsp3) is 0.375. The first-order valence-corrected chi connectivity index (χ1v) is 9.01. The van der Waals surface area contributed by atoms with Gasteiger partial charge in [0, 0.05) is 17.6 Å². The summed E-state index contributed by atoms with van der Waals surface area (Å²) in [6.45, 7) is 2.97. The van der Waals surface area contributed by atoms with E-state index >= 15 is 0 Å². The highest BCUT2D eigenvalue weighted by Gasteiger charge is 2.25. The minimum Gasteiger partial charge on any atom is -0.326 e. The lowest BCUT2D eigenvalue weighted by molar-refractivity contribution is 0.202. The number of halogens is 2. The van der Waals surface area contributed by atoms with Crippen LogP contribution in [0, 0.1) is 0 Å². The second-order valence-corrected chi connectivity index (χ2v) is 7.91. The maximum Gasteiger partial charge on any atom is 0.0701 e. The Hall–Kier alpha value is -0.390. The Labute approximate surface area is 144 Å². The molecule has 0 saturated heterocycles. The molecule has 1 aromatic carbocycles. The van der Waals surface area contributed by atoms with Crippen LogP contribution in [0.2, 0.25) is 5.02 Å². The first kappa shape index (κ1) is 17.0. The van der Waals surface area contributed by atoms with Crippen molar-refractivity contribution in [3.63, 3.8) is 0 Å². The number of hydrogen-bond donors (Lipinski definition) is 1. The monoisotopic (exact) mass is 386 g/mol. The van der Waals surface area contributed by atoms with Crippen LogP contribution in [-0.2, 0) is 6.54 Å². The van der Waals surface area contributed by atoms with Crippen LogP contribution in [0.1, 0.15) is 30.5 Å². The van der Waals surface area contributed by atoms with Gasteiger partial charge in [-0.05, 0) is 58.0 Å². The molecule has 2 N–H and O–H groups in total. The number of rotatable bonds is 6. The Bertz CT molecular complexity index is 587. The lowest BCUT2D eigenvalue weighted by Gasteiger charge is -2.33. The second-order valence-electron chi connectivity index (χ2n) is 5.21. The van der Waals surface area contributed by atoms with Gasteiger partial charge >= 0.3 is 0 Å². The Kier molecular flexibility index (Phi) is 6.26. The Morgan fingerprint density at radius 3 is 2.67 bits per heavy atom. The van der Waals surface area contributed by atoms with Crippen LogP contribution in [0.15, 0.2) is 39.5 Å². The summed E-state index contributed by atoms with van der Waals surface area (Å²) < 4.78 is 1.15. The lowest BCUT2D eigenvalue weighted by atomic mass is 9.96. The van der Waals surface area contributed by atoms with Gasteiger partial charge in [0.15, 0.2) is 0 Å². The van der Waals surface area contributed by atoms with Crippen LogP contribution in [0.4, 0.5) is 0 Å². The number of hydrogen-bond acceptors (Lipinski definition) is 3. The van der Waals surface area contributed by atoms with E-state index in [-0.39, 0.29) is 12.1 Å². The molecule has 2 aromatic rings. The van der Waals surface area contributed by atoms with Gasteiger partial charge in [-0.2, -0.15) is 0 Å². The fourth-order valence-electron chi connectivity index (χ4n) is 2.55. The van der Waals surface area contributed by atoms with Gasteiger partial charge in [-0.3, -0.25) is 4.90 Å². The van der Waals surface area contributed by atoms with E-state index in [9.17, 15) is 0 Å². The maximum absolute atomic E-state index is 6.38. The van der Waals surface area contributed by atoms with Gasteiger partial charge < -0.3 is 5.73 Å². The Morgan fingerprint density at radius 2 is 2.10 bits per heavy atom. The van der Waals surface area contributed by atoms with Crippen molar-refractivity contribution >= 4 is 38.9 Å². The summed E-state index contributed by atoms with van der Waals surface area (Å²) in [6.07, 6.45) is 0.910. The standard InChI is InChI=1S/C16H20BrClN2S/c1-3-14(19)16(12-6-4-5-7-13(12)18)20(2)9-11-8-15(17)21-10-11/h4-8,10,14,16H,3,9,19H2,1-2H3. The van der Waals surface area contributed by atoms with Gasteiger partial charge in [0.2, 0.25) is 0 Å². The molecule has 0 aliphatic carbocycles.